The van der Waals surface area contributed by atoms with Crippen molar-refractivity contribution >= 4 is 0 Å². The molecule has 0 spiro atoms. The molecule has 0 fully saturated rings. The van der Waals surface area contributed by atoms with E-state index in [1.165, 1.54) is 5.56 Å². The van der Waals surface area contributed by atoms with Crippen molar-refractivity contribution in [3.05, 3.63) is 59.3 Å². The van der Waals surface area contributed by atoms with Crippen LogP contribution in [0.5, 0.6) is 5.88 Å². The molecule has 1 N–H and O–H groups in total. The van der Waals surface area contributed by atoms with E-state index in [1.807, 2.05) is 31.2 Å². The predicted molar refractivity (Wildman–Crippen MR) is 70.6 cm³/mol. The van der Waals surface area contributed by atoms with E-state index in [2.05, 4.69) is 11.1 Å². The van der Waals surface area contributed by atoms with Crippen LogP contribution in [0.15, 0.2) is 42.6 Å². The molecule has 3 heteroatoms. The Morgan fingerprint density at radius 1 is 1.28 bits per heavy atom. The first kappa shape index (κ1) is 12.6. The zero-order chi connectivity index (χ0) is 13.0. The zero-order valence-electron chi connectivity index (χ0n) is 10.6. The van der Waals surface area contributed by atoms with Crippen LogP contribution in [0.1, 0.15) is 22.8 Å². The number of aryl methyl sites for hydroxylation is 1. The molecule has 3 nitrogen and oxygen atoms in total. The molecule has 0 amide bonds. The highest BCUT2D eigenvalue weighted by Crippen LogP contribution is 2.19. The molecule has 94 valence electrons. The average molecular weight is 243 g/mol. The number of hydrogen-bond donors (Lipinski definition) is 1. The van der Waals surface area contributed by atoms with Crippen LogP contribution in [0.2, 0.25) is 0 Å². The first-order valence-corrected chi connectivity index (χ1v) is 5.92. The van der Waals surface area contributed by atoms with Crippen molar-refractivity contribution in [3.8, 4) is 5.88 Å². The smallest absolute Gasteiger partial charge is 0.212 e. The summed E-state index contributed by atoms with van der Waals surface area (Å²) in [6, 6.07) is 11.8. The molecular weight excluding hydrogens is 226 g/mol. The Morgan fingerprint density at radius 2 is 2.11 bits per heavy atom. The summed E-state index contributed by atoms with van der Waals surface area (Å²) in [4.78, 5) is 4.10. The SMILES string of the molecule is COc1ccc(C(O)Cc2cccc(C)c2)cn1. The van der Waals surface area contributed by atoms with Gasteiger partial charge in [0.1, 0.15) is 0 Å². The van der Waals surface area contributed by atoms with Crippen molar-refractivity contribution in [3.63, 3.8) is 0 Å². The van der Waals surface area contributed by atoms with Crippen LogP contribution in [-0.2, 0) is 6.42 Å². The van der Waals surface area contributed by atoms with E-state index >= 15 is 0 Å². The molecule has 1 aromatic carbocycles. The Balaban J connectivity index is 2.09. The van der Waals surface area contributed by atoms with Crippen molar-refractivity contribution < 1.29 is 9.84 Å². The Bertz CT molecular complexity index is 508. The fourth-order valence-corrected chi connectivity index (χ4v) is 1.89. The van der Waals surface area contributed by atoms with Crippen LogP contribution in [0.3, 0.4) is 0 Å². The summed E-state index contributed by atoms with van der Waals surface area (Å²) in [5, 5.41) is 10.1. The van der Waals surface area contributed by atoms with Crippen LogP contribution in [0.4, 0.5) is 0 Å². The topological polar surface area (TPSA) is 42.4 Å². The van der Waals surface area contributed by atoms with E-state index in [0.29, 0.717) is 12.3 Å². The van der Waals surface area contributed by atoms with Gasteiger partial charge in [-0.05, 0) is 24.1 Å². The molecule has 0 aliphatic rings. The number of aromatic nitrogens is 1. The maximum Gasteiger partial charge on any atom is 0.212 e. The van der Waals surface area contributed by atoms with Gasteiger partial charge in [0.05, 0.1) is 13.2 Å². The lowest BCUT2D eigenvalue weighted by Gasteiger charge is -2.11. The van der Waals surface area contributed by atoms with Crippen molar-refractivity contribution in [2.24, 2.45) is 0 Å². The molecule has 0 saturated carbocycles. The van der Waals surface area contributed by atoms with Gasteiger partial charge in [0, 0.05) is 18.7 Å². The lowest BCUT2D eigenvalue weighted by molar-refractivity contribution is 0.178. The first-order valence-electron chi connectivity index (χ1n) is 5.92. The molecule has 18 heavy (non-hydrogen) atoms. The Hall–Kier alpha value is -1.87. The molecule has 0 saturated heterocycles. The number of methoxy groups -OCH3 is 1. The Morgan fingerprint density at radius 3 is 2.72 bits per heavy atom. The van der Waals surface area contributed by atoms with E-state index in [-0.39, 0.29) is 0 Å². The van der Waals surface area contributed by atoms with Gasteiger partial charge < -0.3 is 9.84 Å². The zero-order valence-corrected chi connectivity index (χ0v) is 10.6. The molecule has 1 aromatic heterocycles. The van der Waals surface area contributed by atoms with Crippen LogP contribution in [-0.4, -0.2) is 17.2 Å². The normalized spacial score (nSPS) is 12.2. The van der Waals surface area contributed by atoms with Gasteiger partial charge in [0.15, 0.2) is 0 Å². The molecule has 1 atom stereocenters. The summed E-state index contributed by atoms with van der Waals surface area (Å²) in [5.74, 6) is 0.557. The summed E-state index contributed by atoms with van der Waals surface area (Å²) in [6.07, 6.45) is 1.71. The number of aliphatic hydroxyl groups excluding tert-OH is 1. The quantitative estimate of drug-likeness (QED) is 0.897. The summed E-state index contributed by atoms with van der Waals surface area (Å²) in [6.45, 7) is 2.05. The van der Waals surface area contributed by atoms with Gasteiger partial charge >= 0.3 is 0 Å². The van der Waals surface area contributed by atoms with Crippen LogP contribution in [0, 0.1) is 6.92 Å². The highest BCUT2D eigenvalue weighted by atomic mass is 16.5. The maximum atomic E-state index is 10.1. The second kappa shape index (κ2) is 5.65. The maximum absolute atomic E-state index is 10.1. The second-order valence-corrected chi connectivity index (χ2v) is 4.34. The average Bonchev–Trinajstić information content (AvgIpc) is 2.39. The Kier molecular flexibility index (Phi) is 3.95. The summed E-state index contributed by atoms with van der Waals surface area (Å²) in [7, 11) is 1.57. The van der Waals surface area contributed by atoms with E-state index in [1.54, 1.807) is 19.4 Å². The van der Waals surface area contributed by atoms with E-state index in [0.717, 1.165) is 11.1 Å². The number of pyridine rings is 1. The minimum Gasteiger partial charge on any atom is -0.481 e. The van der Waals surface area contributed by atoms with Gasteiger partial charge in [-0.1, -0.05) is 29.8 Å². The lowest BCUT2D eigenvalue weighted by Crippen LogP contribution is -2.02. The van der Waals surface area contributed by atoms with Crippen LogP contribution in [0.25, 0.3) is 0 Å². The highest BCUT2D eigenvalue weighted by molar-refractivity contribution is 5.26. The third-order valence-electron chi connectivity index (χ3n) is 2.86. The lowest BCUT2D eigenvalue weighted by atomic mass is 10.0. The summed E-state index contributed by atoms with van der Waals surface area (Å²) >= 11 is 0. The van der Waals surface area contributed by atoms with E-state index in [4.69, 9.17) is 4.74 Å². The van der Waals surface area contributed by atoms with Gasteiger partial charge in [-0.2, -0.15) is 0 Å². The molecule has 2 aromatic rings. The minimum atomic E-state index is -0.537. The van der Waals surface area contributed by atoms with Crippen molar-refractivity contribution in [2.45, 2.75) is 19.4 Å². The second-order valence-electron chi connectivity index (χ2n) is 4.34. The van der Waals surface area contributed by atoms with Crippen molar-refractivity contribution in [2.75, 3.05) is 7.11 Å². The monoisotopic (exact) mass is 243 g/mol. The molecular formula is C15H17NO2. The fraction of sp³-hybridized carbons (Fsp3) is 0.267. The summed E-state index contributed by atoms with van der Waals surface area (Å²) < 4.78 is 4.99. The first-order chi connectivity index (χ1) is 8.69. The number of hydrogen-bond acceptors (Lipinski definition) is 3. The largest absolute Gasteiger partial charge is 0.481 e. The molecule has 0 aliphatic carbocycles. The van der Waals surface area contributed by atoms with E-state index in [9.17, 15) is 5.11 Å². The number of ether oxygens (including phenoxy) is 1. The van der Waals surface area contributed by atoms with Gasteiger partial charge in [-0.25, -0.2) is 4.98 Å². The molecule has 2 rings (SSSR count). The molecule has 1 heterocycles. The standard InChI is InChI=1S/C15H17NO2/c1-11-4-3-5-12(8-11)9-14(17)13-6-7-15(18-2)16-10-13/h3-8,10,14,17H,9H2,1-2H3. The molecule has 0 bridgehead atoms. The fourth-order valence-electron chi connectivity index (χ4n) is 1.89. The Labute approximate surface area is 107 Å². The van der Waals surface area contributed by atoms with Crippen molar-refractivity contribution in [1.82, 2.24) is 4.98 Å². The van der Waals surface area contributed by atoms with Crippen LogP contribution < -0.4 is 4.74 Å². The van der Waals surface area contributed by atoms with Gasteiger partial charge in [0.2, 0.25) is 5.88 Å². The minimum absolute atomic E-state index is 0.537. The number of benzene rings is 1. The van der Waals surface area contributed by atoms with E-state index < -0.39 is 6.10 Å². The third kappa shape index (κ3) is 3.08. The molecule has 0 aliphatic heterocycles. The summed E-state index contributed by atoms with van der Waals surface area (Å²) in [5.41, 5.74) is 3.13. The van der Waals surface area contributed by atoms with Crippen LogP contribution >= 0.6 is 0 Å². The predicted octanol–water partition coefficient (Wildman–Crippen LogP) is 2.67. The van der Waals surface area contributed by atoms with Gasteiger partial charge in [0.25, 0.3) is 0 Å². The number of nitrogens with zero attached hydrogens (tertiary/aromatic N) is 1. The van der Waals surface area contributed by atoms with Crippen molar-refractivity contribution in [1.29, 1.82) is 0 Å². The highest BCUT2D eigenvalue weighted by Gasteiger charge is 2.09. The third-order valence-corrected chi connectivity index (χ3v) is 2.86. The number of rotatable bonds is 4. The van der Waals surface area contributed by atoms with Gasteiger partial charge in [-0.15, -0.1) is 0 Å². The molecule has 0 radical (unpaired) electrons. The van der Waals surface area contributed by atoms with Gasteiger partial charge in [-0.3, -0.25) is 0 Å². The number of aliphatic hydroxyl groups is 1. The molecule has 1 unspecified atom stereocenters.